The number of esters is 1. The first kappa shape index (κ1) is 22.9. The zero-order valence-electron chi connectivity index (χ0n) is 17.4. The molecule has 4 rings (SSSR count). The fourth-order valence-corrected chi connectivity index (χ4v) is 5.28. The predicted molar refractivity (Wildman–Crippen MR) is 118 cm³/mol. The number of carbonyl (C=O) groups is 2. The molecule has 1 saturated carbocycles. The van der Waals surface area contributed by atoms with Gasteiger partial charge in [0.15, 0.2) is 15.0 Å². The minimum Gasteiger partial charge on any atom is -0.476 e. The van der Waals surface area contributed by atoms with Gasteiger partial charge in [-0.15, -0.1) is 11.3 Å². The van der Waals surface area contributed by atoms with Gasteiger partial charge in [-0.1, -0.05) is 12.1 Å². The molecule has 1 amide bonds. The van der Waals surface area contributed by atoms with Gasteiger partial charge in [-0.3, -0.25) is 14.9 Å². The Morgan fingerprint density at radius 2 is 1.79 bits per heavy atom. The molecule has 0 bridgehead atoms. The largest absolute Gasteiger partial charge is 0.476 e. The molecule has 1 aromatic heterocycles. The summed E-state index contributed by atoms with van der Waals surface area (Å²) >= 11 is 1.05. The molecule has 1 unspecified atom stereocenters. The van der Waals surface area contributed by atoms with E-state index in [9.17, 15) is 22.4 Å². The molecule has 0 saturated heterocycles. The van der Waals surface area contributed by atoms with E-state index in [2.05, 4.69) is 10.3 Å². The average Bonchev–Trinajstić information content (AvgIpc) is 3.56. The lowest BCUT2D eigenvalue weighted by atomic mass is 10.1. The number of nitrogens with zero attached hydrogens (tertiary/aromatic N) is 1. The van der Waals surface area contributed by atoms with Crippen LogP contribution in [0.2, 0.25) is 0 Å². The van der Waals surface area contributed by atoms with Crippen LogP contribution in [0.4, 0.5) is 9.52 Å². The number of halogens is 1. The van der Waals surface area contributed by atoms with Crippen LogP contribution >= 0.6 is 11.3 Å². The molecule has 1 atom stereocenters. The third-order valence-corrected chi connectivity index (χ3v) is 7.76. The van der Waals surface area contributed by atoms with E-state index in [0.717, 1.165) is 11.3 Å². The Labute approximate surface area is 193 Å². The molecule has 1 fully saturated rings. The monoisotopic (exact) mass is 490 g/mol. The van der Waals surface area contributed by atoms with Gasteiger partial charge in [0.05, 0.1) is 15.5 Å². The van der Waals surface area contributed by atoms with Gasteiger partial charge in [-0.05, 0) is 49.2 Å². The Morgan fingerprint density at radius 1 is 1.12 bits per heavy atom. The first-order valence-electron chi connectivity index (χ1n) is 9.93. The Hall–Kier alpha value is -3.31. The number of hydrogen-bond donors (Lipinski definition) is 1. The summed E-state index contributed by atoms with van der Waals surface area (Å²) in [4.78, 5) is 28.3. The maximum absolute atomic E-state index is 13.3. The highest BCUT2D eigenvalue weighted by molar-refractivity contribution is 7.92. The number of carbonyl (C=O) groups excluding carboxylic acids is 2. The van der Waals surface area contributed by atoms with E-state index in [1.807, 2.05) is 0 Å². The van der Waals surface area contributed by atoms with Crippen LogP contribution in [0.25, 0.3) is 0 Å². The fourth-order valence-electron chi connectivity index (χ4n) is 3.01. The molecule has 2 aromatic carbocycles. The number of thiazole rings is 1. The second kappa shape index (κ2) is 9.28. The number of amides is 1. The summed E-state index contributed by atoms with van der Waals surface area (Å²) in [6.45, 7) is 1.23. The van der Waals surface area contributed by atoms with Gasteiger partial charge in [0.25, 0.3) is 5.91 Å². The zero-order valence-corrected chi connectivity index (χ0v) is 19.0. The molecular weight excluding hydrogens is 471 g/mol. The molecule has 11 heteroatoms. The van der Waals surface area contributed by atoms with E-state index in [4.69, 9.17) is 9.47 Å². The van der Waals surface area contributed by atoms with Crippen LogP contribution in [0.15, 0.2) is 58.8 Å². The van der Waals surface area contributed by atoms with E-state index in [1.54, 1.807) is 0 Å². The van der Waals surface area contributed by atoms with Crippen molar-refractivity contribution >= 4 is 38.2 Å². The van der Waals surface area contributed by atoms with Gasteiger partial charge in [0.1, 0.15) is 11.6 Å². The van der Waals surface area contributed by atoms with Gasteiger partial charge in [0, 0.05) is 12.5 Å². The Bertz CT molecular complexity index is 1270. The van der Waals surface area contributed by atoms with Crippen molar-refractivity contribution in [3.63, 3.8) is 0 Å². The van der Waals surface area contributed by atoms with E-state index in [1.165, 1.54) is 60.8 Å². The van der Waals surface area contributed by atoms with Crippen molar-refractivity contribution in [2.24, 2.45) is 0 Å². The van der Waals surface area contributed by atoms with Crippen LogP contribution in [0.3, 0.4) is 0 Å². The molecule has 1 heterocycles. The third kappa shape index (κ3) is 5.55. The summed E-state index contributed by atoms with van der Waals surface area (Å²) in [7, 11) is -3.38. The topological polar surface area (TPSA) is 112 Å². The summed E-state index contributed by atoms with van der Waals surface area (Å²) in [6, 6.07) is 11.1. The molecule has 0 radical (unpaired) electrons. The van der Waals surface area contributed by atoms with E-state index >= 15 is 0 Å². The summed E-state index contributed by atoms with van der Waals surface area (Å²) in [6.07, 6.45) is 0.104. The predicted octanol–water partition coefficient (Wildman–Crippen LogP) is 3.90. The minimum atomic E-state index is -3.38. The number of nitrogens with one attached hydrogen (secondary N) is 1. The lowest BCUT2D eigenvalue weighted by Gasteiger charge is -2.19. The molecule has 1 aliphatic rings. The summed E-state index contributed by atoms with van der Waals surface area (Å²) in [5.41, 5.74) is 0.392. The molecule has 172 valence electrons. The molecular formula is C22H19FN2O6S2. The van der Waals surface area contributed by atoms with Crippen molar-refractivity contribution in [3.8, 4) is 11.6 Å². The summed E-state index contributed by atoms with van der Waals surface area (Å²) in [5, 5.41) is 3.89. The Kier molecular flexibility index (Phi) is 6.43. The normalized spacial score (nSPS) is 14.4. The zero-order chi connectivity index (χ0) is 23.6. The number of sulfone groups is 1. The highest BCUT2D eigenvalue weighted by atomic mass is 32.2. The standard InChI is InChI=1S/C22H19FN2O6S2/c1-13(26)30-19-12-32-22(24-19)25-21(27)20(31-16-6-4-15(23)5-7-16)14-2-8-17(9-3-14)33(28,29)18-10-11-18/h2-9,12,18,20H,10-11H2,1H3,(H,24,25,27). The highest BCUT2D eigenvalue weighted by Gasteiger charge is 2.37. The molecule has 0 spiro atoms. The van der Waals surface area contributed by atoms with Crippen LogP contribution in [-0.2, 0) is 19.4 Å². The molecule has 1 N–H and O–H groups in total. The molecule has 3 aromatic rings. The Balaban J connectivity index is 1.58. The third-order valence-electron chi connectivity index (χ3n) is 4.74. The molecule has 0 aliphatic heterocycles. The lowest BCUT2D eigenvalue weighted by Crippen LogP contribution is -2.25. The fraction of sp³-hybridized carbons (Fsp3) is 0.227. The Morgan fingerprint density at radius 3 is 2.39 bits per heavy atom. The quantitative estimate of drug-likeness (QED) is 0.477. The lowest BCUT2D eigenvalue weighted by molar-refractivity contribution is -0.132. The van der Waals surface area contributed by atoms with Crippen LogP contribution in [0, 0.1) is 5.82 Å². The average molecular weight is 491 g/mol. The van der Waals surface area contributed by atoms with Crippen LogP contribution in [0.1, 0.15) is 31.4 Å². The molecule has 8 nitrogen and oxygen atoms in total. The van der Waals surface area contributed by atoms with Crippen molar-refractivity contribution in [3.05, 3.63) is 65.3 Å². The number of hydrogen-bond acceptors (Lipinski definition) is 8. The maximum Gasteiger partial charge on any atom is 0.309 e. The number of rotatable bonds is 8. The van der Waals surface area contributed by atoms with Gasteiger partial charge in [-0.2, -0.15) is 4.98 Å². The minimum absolute atomic E-state index is 0.0495. The first-order valence-corrected chi connectivity index (χ1v) is 12.4. The smallest absolute Gasteiger partial charge is 0.309 e. The van der Waals surface area contributed by atoms with Gasteiger partial charge in [0.2, 0.25) is 12.0 Å². The van der Waals surface area contributed by atoms with Gasteiger partial charge >= 0.3 is 5.97 Å². The SMILES string of the molecule is CC(=O)Oc1csc(NC(=O)C(Oc2ccc(F)cc2)c2ccc(S(=O)(=O)C3CC3)cc2)n1. The number of anilines is 1. The van der Waals surface area contributed by atoms with Crippen molar-refractivity contribution in [2.75, 3.05) is 5.32 Å². The van der Waals surface area contributed by atoms with Crippen LogP contribution in [-0.4, -0.2) is 30.5 Å². The molecule has 1 aliphatic carbocycles. The number of ether oxygens (including phenoxy) is 2. The van der Waals surface area contributed by atoms with Crippen molar-refractivity contribution < 1.29 is 31.9 Å². The molecule has 33 heavy (non-hydrogen) atoms. The van der Waals surface area contributed by atoms with Gasteiger partial charge < -0.3 is 9.47 Å². The summed E-state index contributed by atoms with van der Waals surface area (Å²) < 4.78 is 48.9. The highest BCUT2D eigenvalue weighted by Crippen LogP contribution is 2.34. The number of aromatic nitrogens is 1. The van der Waals surface area contributed by atoms with Crippen molar-refractivity contribution in [1.29, 1.82) is 0 Å². The number of benzene rings is 2. The maximum atomic E-state index is 13.3. The van der Waals surface area contributed by atoms with E-state index < -0.39 is 33.6 Å². The first-order chi connectivity index (χ1) is 15.7. The van der Waals surface area contributed by atoms with Gasteiger partial charge in [-0.25, -0.2) is 12.8 Å². The summed E-state index contributed by atoms with van der Waals surface area (Å²) in [5.74, 6) is -1.31. The van der Waals surface area contributed by atoms with E-state index in [-0.39, 0.29) is 26.9 Å². The second-order valence-corrected chi connectivity index (χ2v) is 10.4. The van der Waals surface area contributed by atoms with Crippen molar-refractivity contribution in [2.45, 2.75) is 36.0 Å². The van der Waals surface area contributed by atoms with Crippen LogP contribution < -0.4 is 14.8 Å². The second-order valence-electron chi connectivity index (χ2n) is 7.34. The van der Waals surface area contributed by atoms with Crippen LogP contribution in [0.5, 0.6) is 11.6 Å². The van der Waals surface area contributed by atoms with Crippen molar-refractivity contribution in [1.82, 2.24) is 4.98 Å². The van der Waals surface area contributed by atoms with E-state index in [0.29, 0.717) is 18.4 Å².